The van der Waals surface area contributed by atoms with Crippen LogP contribution in [0.5, 0.6) is 11.5 Å². The smallest absolute Gasteiger partial charge is 0.166 e. The summed E-state index contributed by atoms with van der Waals surface area (Å²) in [5, 5.41) is 20.5. The van der Waals surface area contributed by atoms with Crippen molar-refractivity contribution in [2.75, 3.05) is 13.7 Å². The van der Waals surface area contributed by atoms with Gasteiger partial charge in [-0.3, -0.25) is 4.99 Å². The molecule has 21 heavy (non-hydrogen) atoms. The number of para-hydroxylation sites is 1. The van der Waals surface area contributed by atoms with Gasteiger partial charge in [-0.1, -0.05) is 35.9 Å². The second kappa shape index (κ2) is 7.11. The van der Waals surface area contributed by atoms with Gasteiger partial charge >= 0.3 is 0 Å². The minimum absolute atomic E-state index is 0.0241. The molecule has 2 aromatic carbocycles. The van der Waals surface area contributed by atoms with Gasteiger partial charge in [-0.2, -0.15) is 0 Å². The summed E-state index contributed by atoms with van der Waals surface area (Å²) in [6.07, 6.45) is 0.709. The molecule has 0 bridgehead atoms. The maximum atomic E-state index is 10.1. The molecule has 0 saturated carbocycles. The van der Waals surface area contributed by atoms with Crippen LogP contribution in [0, 0.1) is 0 Å². The Hall–Kier alpha value is -2.04. The first kappa shape index (κ1) is 15.4. The average Bonchev–Trinajstić information content (AvgIpc) is 2.49. The molecule has 0 heterocycles. The number of halogens is 1. The van der Waals surface area contributed by atoms with Crippen LogP contribution in [-0.4, -0.2) is 30.1 Å². The molecule has 0 aliphatic heterocycles. The fraction of sp³-hybridized carbons (Fsp3) is 0.188. The molecule has 110 valence electrons. The number of aromatic hydroxyl groups is 1. The van der Waals surface area contributed by atoms with Crippen molar-refractivity contribution in [3.05, 3.63) is 58.6 Å². The van der Waals surface area contributed by atoms with Crippen molar-refractivity contribution in [3.63, 3.8) is 0 Å². The Balaban J connectivity index is 2.08. The lowest BCUT2D eigenvalue weighted by Crippen LogP contribution is -2.02. The van der Waals surface area contributed by atoms with Crippen molar-refractivity contribution in [1.29, 1.82) is 0 Å². The number of methoxy groups -OCH3 is 1. The Bertz CT molecular complexity index is 643. The molecule has 1 atom stereocenters. The molecule has 2 N–H and O–H groups in total. The number of hydrogen-bond donors (Lipinski definition) is 2. The highest BCUT2D eigenvalue weighted by molar-refractivity contribution is 6.31. The fourth-order valence-corrected chi connectivity index (χ4v) is 2.16. The van der Waals surface area contributed by atoms with Crippen LogP contribution < -0.4 is 4.74 Å². The predicted octanol–water partition coefficient (Wildman–Crippen LogP) is 3.21. The Morgan fingerprint density at radius 3 is 2.71 bits per heavy atom. The maximum Gasteiger partial charge on any atom is 0.166 e. The van der Waals surface area contributed by atoms with E-state index in [1.807, 2.05) is 6.07 Å². The van der Waals surface area contributed by atoms with Crippen LogP contribution in [-0.2, 0) is 0 Å². The third-order valence-electron chi connectivity index (χ3n) is 3.02. The maximum absolute atomic E-state index is 10.1. The van der Waals surface area contributed by atoms with Crippen molar-refractivity contribution in [2.45, 2.75) is 6.10 Å². The van der Waals surface area contributed by atoms with Crippen molar-refractivity contribution >= 4 is 17.8 Å². The monoisotopic (exact) mass is 305 g/mol. The van der Waals surface area contributed by atoms with E-state index in [9.17, 15) is 10.2 Å². The first-order valence-electron chi connectivity index (χ1n) is 6.41. The molecule has 2 aromatic rings. The van der Waals surface area contributed by atoms with Gasteiger partial charge in [0.1, 0.15) is 0 Å². The molecule has 0 amide bonds. The summed E-state index contributed by atoms with van der Waals surface area (Å²) in [4.78, 5) is 4.15. The van der Waals surface area contributed by atoms with E-state index in [1.54, 1.807) is 36.4 Å². The van der Waals surface area contributed by atoms with Crippen LogP contribution in [0.25, 0.3) is 0 Å². The van der Waals surface area contributed by atoms with E-state index in [0.29, 0.717) is 21.9 Å². The highest BCUT2D eigenvalue weighted by Crippen LogP contribution is 2.28. The molecule has 0 aromatic heterocycles. The van der Waals surface area contributed by atoms with Gasteiger partial charge < -0.3 is 14.9 Å². The van der Waals surface area contributed by atoms with Gasteiger partial charge in [0, 0.05) is 22.4 Å². The van der Waals surface area contributed by atoms with Crippen LogP contribution in [0.2, 0.25) is 5.02 Å². The first-order chi connectivity index (χ1) is 10.1. The van der Waals surface area contributed by atoms with E-state index in [2.05, 4.69) is 4.99 Å². The summed E-state index contributed by atoms with van der Waals surface area (Å²) in [6, 6.07) is 12.2. The van der Waals surface area contributed by atoms with Gasteiger partial charge in [0.25, 0.3) is 0 Å². The van der Waals surface area contributed by atoms with Gasteiger partial charge in [-0.25, -0.2) is 0 Å². The summed E-state index contributed by atoms with van der Waals surface area (Å²) in [5.74, 6) is 0.404. The lowest BCUT2D eigenvalue weighted by atomic mass is 10.1. The molecule has 0 aliphatic carbocycles. The molecular weight excluding hydrogens is 290 g/mol. The summed E-state index contributed by atoms with van der Waals surface area (Å²) < 4.78 is 5.02. The molecule has 0 spiro atoms. The lowest BCUT2D eigenvalue weighted by Gasteiger charge is -2.10. The number of ether oxygens (including phenoxy) is 1. The van der Waals surface area contributed by atoms with Gasteiger partial charge in [0.2, 0.25) is 0 Å². The van der Waals surface area contributed by atoms with Crippen LogP contribution in [0.3, 0.4) is 0 Å². The molecule has 0 fully saturated rings. The van der Waals surface area contributed by atoms with E-state index in [0.717, 1.165) is 0 Å². The minimum atomic E-state index is -0.789. The van der Waals surface area contributed by atoms with Crippen LogP contribution >= 0.6 is 11.6 Å². The Morgan fingerprint density at radius 1 is 1.24 bits per heavy atom. The molecular formula is C16H16ClNO3. The number of nitrogens with zero attached hydrogens (tertiary/aromatic N) is 1. The quantitative estimate of drug-likeness (QED) is 0.834. The Morgan fingerprint density at radius 2 is 2.00 bits per heavy atom. The van der Waals surface area contributed by atoms with Crippen LogP contribution in [0.4, 0.5) is 0 Å². The van der Waals surface area contributed by atoms with Gasteiger partial charge in [0.05, 0.1) is 19.8 Å². The van der Waals surface area contributed by atoms with Gasteiger partial charge in [-0.05, 0) is 18.2 Å². The minimum Gasteiger partial charge on any atom is -0.504 e. The number of aliphatic hydroxyl groups excluding tert-OH is 1. The van der Waals surface area contributed by atoms with Crippen molar-refractivity contribution in [1.82, 2.24) is 0 Å². The number of phenols is 1. The summed E-state index contributed by atoms with van der Waals surface area (Å²) in [7, 11) is 1.48. The largest absolute Gasteiger partial charge is 0.504 e. The number of aliphatic imine (C=N–C) groups is 1. The van der Waals surface area contributed by atoms with E-state index in [1.165, 1.54) is 13.3 Å². The average molecular weight is 306 g/mol. The zero-order valence-corrected chi connectivity index (χ0v) is 12.3. The van der Waals surface area contributed by atoms with Crippen molar-refractivity contribution in [2.24, 2.45) is 4.99 Å². The number of phenolic OH excluding ortho intramolecular Hbond substituents is 1. The van der Waals surface area contributed by atoms with Crippen LogP contribution in [0.1, 0.15) is 17.2 Å². The first-order valence-corrected chi connectivity index (χ1v) is 6.79. The predicted molar refractivity (Wildman–Crippen MR) is 83.5 cm³/mol. The topological polar surface area (TPSA) is 62.0 Å². The lowest BCUT2D eigenvalue weighted by molar-refractivity contribution is 0.187. The molecule has 0 radical (unpaired) electrons. The molecule has 4 nitrogen and oxygen atoms in total. The number of hydrogen-bond acceptors (Lipinski definition) is 4. The Kier molecular flexibility index (Phi) is 5.20. The molecule has 1 unspecified atom stereocenters. The molecule has 5 heteroatoms. The second-order valence-electron chi connectivity index (χ2n) is 4.43. The standard InChI is InChI=1S/C16H16ClNO3/c1-21-15-8-4-5-11(16(15)20)9-18-10-14(19)12-6-2-3-7-13(12)17/h2-9,14,19-20H,10H2,1H3. The second-order valence-corrected chi connectivity index (χ2v) is 4.84. The Labute approximate surface area is 128 Å². The number of benzene rings is 2. The summed E-state index contributed by atoms with van der Waals surface area (Å²) in [6.45, 7) is 0.153. The zero-order chi connectivity index (χ0) is 15.2. The SMILES string of the molecule is COc1cccc(C=NCC(O)c2ccccc2Cl)c1O. The summed E-state index contributed by atoms with van der Waals surface area (Å²) in [5.41, 5.74) is 1.16. The molecule has 2 rings (SSSR count). The van der Waals surface area contributed by atoms with E-state index in [-0.39, 0.29) is 12.3 Å². The van der Waals surface area contributed by atoms with Gasteiger partial charge in [-0.15, -0.1) is 0 Å². The van der Waals surface area contributed by atoms with Gasteiger partial charge in [0.15, 0.2) is 11.5 Å². The van der Waals surface area contributed by atoms with Crippen molar-refractivity contribution < 1.29 is 14.9 Å². The third-order valence-corrected chi connectivity index (χ3v) is 3.37. The summed E-state index contributed by atoms with van der Waals surface area (Å²) >= 11 is 6.01. The third kappa shape index (κ3) is 3.74. The normalized spacial score (nSPS) is 12.5. The van der Waals surface area contributed by atoms with E-state index >= 15 is 0 Å². The number of rotatable bonds is 5. The van der Waals surface area contributed by atoms with E-state index < -0.39 is 6.10 Å². The van der Waals surface area contributed by atoms with Crippen molar-refractivity contribution in [3.8, 4) is 11.5 Å². The number of aliphatic hydroxyl groups is 1. The van der Waals surface area contributed by atoms with Crippen LogP contribution in [0.15, 0.2) is 47.5 Å². The zero-order valence-electron chi connectivity index (χ0n) is 11.5. The molecule has 0 aliphatic rings. The van der Waals surface area contributed by atoms with E-state index in [4.69, 9.17) is 16.3 Å². The highest BCUT2D eigenvalue weighted by Gasteiger charge is 2.10. The highest BCUT2D eigenvalue weighted by atomic mass is 35.5. The molecule has 0 saturated heterocycles. The fourth-order valence-electron chi connectivity index (χ4n) is 1.90.